The Balaban J connectivity index is 0.000000328. The van der Waals surface area contributed by atoms with Gasteiger partial charge in [0.2, 0.25) is 5.13 Å². The van der Waals surface area contributed by atoms with Crippen LogP contribution in [0.3, 0.4) is 0 Å². The molecule has 4 saturated carbocycles. The summed E-state index contributed by atoms with van der Waals surface area (Å²) in [7, 11) is 8.38. The van der Waals surface area contributed by atoms with E-state index in [2.05, 4.69) is 56.3 Å². The summed E-state index contributed by atoms with van der Waals surface area (Å²) < 4.78 is 84.7. The molecule has 810 valence electrons. The number of thiazole rings is 1. The Hall–Kier alpha value is -12.1. The van der Waals surface area contributed by atoms with Crippen molar-refractivity contribution in [2.75, 3.05) is 107 Å². The molecule has 1 N–H and O–H groups in total. The molecule has 147 heavy (non-hydrogen) atoms. The molecule has 0 atom stereocenters. The molecule has 31 heteroatoms. The molecule has 0 spiro atoms. The van der Waals surface area contributed by atoms with E-state index in [1.165, 1.54) is 57.1 Å². The van der Waals surface area contributed by atoms with Gasteiger partial charge in [-0.25, -0.2) is 39.2 Å². The van der Waals surface area contributed by atoms with Crippen molar-refractivity contribution in [1.29, 1.82) is 0 Å². The van der Waals surface area contributed by atoms with Crippen molar-refractivity contribution in [3.8, 4) is 40.2 Å². The Morgan fingerprint density at radius 2 is 0.721 bits per heavy atom. The van der Waals surface area contributed by atoms with Crippen molar-refractivity contribution < 1.29 is 129 Å². The number of nitrogens with one attached hydrogen (secondary N) is 1. The fourth-order valence-corrected chi connectivity index (χ4v) is 17.5. The summed E-state index contributed by atoms with van der Waals surface area (Å²) in [5.74, 6) is 2.72. The van der Waals surface area contributed by atoms with Crippen LogP contribution in [0.4, 0.5) is 5.13 Å². The number of nitrogens with zero attached hydrogens (tertiary/aromatic N) is 2. The molecule has 1 heterocycles. The summed E-state index contributed by atoms with van der Waals surface area (Å²) in [5, 5.41) is 2.93. The molecule has 5 aromatic carbocycles. The number of hydrazine groups is 1. The van der Waals surface area contributed by atoms with E-state index in [0.717, 1.165) is 197 Å². The van der Waals surface area contributed by atoms with Crippen LogP contribution in [0.1, 0.15) is 274 Å². The van der Waals surface area contributed by atoms with E-state index in [4.69, 9.17) is 80.8 Å². The van der Waals surface area contributed by atoms with Gasteiger partial charge in [-0.2, -0.15) is 0 Å². The zero-order chi connectivity index (χ0) is 107. The molecule has 0 aliphatic heterocycles. The maximum Gasteiger partial charge on any atom is 0.338 e. The second kappa shape index (κ2) is 77.3. The van der Waals surface area contributed by atoms with Gasteiger partial charge in [-0.3, -0.25) is 29.0 Å². The van der Waals surface area contributed by atoms with Gasteiger partial charge in [0.1, 0.15) is 51.8 Å². The molecule has 4 aliphatic rings. The number of anilines is 1. The highest BCUT2D eigenvalue weighted by molar-refractivity contribution is 7.22. The fraction of sp³-hybridized carbons (Fsp3) is 0.552. The quantitative estimate of drug-likeness (QED) is 0.00925. The number of hydrogen-bond acceptors (Lipinski definition) is 31. The summed E-state index contributed by atoms with van der Waals surface area (Å²) in [4.78, 5) is 133. The summed E-state index contributed by atoms with van der Waals surface area (Å²) in [6.45, 7) is 27.4. The van der Waals surface area contributed by atoms with Gasteiger partial charge in [-0.05, 0) is 316 Å². The number of carbonyl (C=O) groups excluding carboxylic acids is 11. The number of fused-ring (bicyclic) bond motifs is 1. The maximum absolute atomic E-state index is 13.3. The number of esters is 9. The van der Waals surface area contributed by atoms with E-state index >= 15 is 0 Å². The minimum Gasteiger partial charge on any atom is -0.497 e. The van der Waals surface area contributed by atoms with Crippen molar-refractivity contribution in [2.24, 2.45) is 35.5 Å². The first-order chi connectivity index (χ1) is 71.3. The van der Waals surface area contributed by atoms with Crippen LogP contribution in [-0.4, -0.2) is 184 Å². The second-order valence-corrected chi connectivity index (χ2v) is 37.4. The molecule has 10 rings (SSSR count). The van der Waals surface area contributed by atoms with Crippen LogP contribution in [0.2, 0.25) is 0 Å². The maximum atomic E-state index is 13.3. The lowest BCUT2D eigenvalue weighted by Crippen LogP contribution is -2.38. The Morgan fingerprint density at radius 3 is 1.14 bits per heavy atom. The molecule has 0 unspecified atom stereocenters. The molecule has 0 saturated heterocycles. The number of methoxy groups -OCH3 is 5. The number of benzene rings is 5. The number of ether oxygens (including phenoxy) is 16. The number of para-hydroxylation sites is 1. The van der Waals surface area contributed by atoms with Gasteiger partial charge in [0.05, 0.1) is 127 Å². The topological polar surface area (TPSA) is 364 Å². The highest BCUT2D eigenvalue weighted by Gasteiger charge is 2.33. The number of carbonyl (C=O) groups is 11. The predicted molar refractivity (Wildman–Crippen MR) is 569 cm³/mol. The van der Waals surface area contributed by atoms with Crippen molar-refractivity contribution in [3.05, 3.63) is 190 Å². The molecule has 0 bridgehead atoms. The van der Waals surface area contributed by atoms with Crippen LogP contribution in [0, 0.1) is 35.5 Å². The van der Waals surface area contributed by atoms with Crippen LogP contribution < -0.4 is 43.6 Å². The van der Waals surface area contributed by atoms with Crippen LogP contribution in [0.15, 0.2) is 179 Å². The third-order valence-electron chi connectivity index (χ3n) is 25.6. The predicted octanol–water partition coefficient (Wildman–Crippen LogP) is 23.2. The highest BCUT2D eigenvalue weighted by atomic mass is 32.1. The molecule has 4 fully saturated rings. The summed E-state index contributed by atoms with van der Waals surface area (Å²) in [5.41, 5.74) is 5.68. The molecule has 0 amide bonds. The van der Waals surface area contributed by atoms with Crippen LogP contribution in [0.25, 0.3) is 10.2 Å². The SMILES string of the molecule is C=CC(=O)OCCCCCCC1CCC(OC)CC1.C=CC(=O)OCCCCCCOC(=O)c1ccc(OC)cc1.C=CC(=O)OCCCCCCOc1ccc(OC)cc1.C=CC(=O)OCCCCOC(=O)C1CCC(OC)CC1.C=CC(=O)OCCCCOc1ccc(OC)cc1.CCCCCCN(NCc1cc(OC(=O)C2CCC(C(C)=O)CC2)ccc1OC(=O)C1CCC(C(C)=O)CC1)c1nc2ccccc2s1. The first-order valence-electron chi connectivity index (χ1n) is 52.3. The van der Waals surface area contributed by atoms with Gasteiger partial charge in [-0.15, -0.1) is 0 Å². The standard InChI is InChI=1S/C38H49N3O6S.C17H22O5.C16H22O4.C16H28O3.C15H24O5.C14H18O4/c1-4-5-6-9-22-41(38-40-33-10-7-8-11-35(33)48-38)39-24-31-23-32(46-36(44)29-16-12-27(13-17-29)25(2)42)20-21-34(31)47-37(45)30-18-14-28(15-19-30)26(3)43;1-3-16(18)21-12-6-4-5-7-13-22-17(19)14-8-10-15(20-2)11-9-14;1-3-16(17)20-13-7-5-4-6-12-19-15-10-8-14(18-2)9-11-15;1-3-16(17)19-13-7-5-4-6-8-14-9-11-15(18-2)12-10-14;1-3-14(16)19-10-4-5-11-20-15(17)12-6-8-13(18-2)9-7-12;1-3-14(15)18-11-5-4-10-17-13-8-6-12(16-2)7-9-13/h7-8,10-11,20-21,23,27-30,39H,4-6,9,12-19,22,24H2,1-3H3;3,8-11H,1,4-7,12-13H2,2H3;3,8-11H,1,4-7,12-13H2,2H3;3,14-15H,1,4-13H2,2H3;3,12-13H,1,4-11H2,2H3;3,6-9H,1,4-5,10-11H2,2H3. The van der Waals surface area contributed by atoms with E-state index in [1.807, 2.05) is 73.8 Å². The summed E-state index contributed by atoms with van der Waals surface area (Å²) in [6, 6.07) is 35.0. The zero-order valence-corrected chi connectivity index (χ0v) is 89.1. The van der Waals surface area contributed by atoms with E-state index in [0.29, 0.717) is 171 Å². The Kier molecular flexibility index (Phi) is 66.0. The molecular weight excluding hydrogens is 1900 g/mol. The number of ketones is 2. The molecule has 30 nitrogen and oxygen atoms in total. The van der Waals surface area contributed by atoms with Gasteiger partial charge in [0.25, 0.3) is 0 Å². The van der Waals surface area contributed by atoms with Crippen molar-refractivity contribution in [2.45, 2.75) is 277 Å². The lowest BCUT2D eigenvalue weighted by Gasteiger charge is -2.27. The molecule has 4 aliphatic carbocycles. The Morgan fingerprint density at radius 1 is 0.367 bits per heavy atom. The summed E-state index contributed by atoms with van der Waals surface area (Å²) >= 11 is 1.62. The minimum absolute atomic E-state index is 0.0139. The fourth-order valence-electron chi connectivity index (χ4n) is 16.6. The van der Waals surface area contributed by atoms with Crippen LogP contribution in [-0.2, 0) is 97.1 Å². The number of Topliss-reactive ketones (excluding diaryl/α,β-unsaturated/α-hetero) is 2. The smallest absolute Gasteiger partial charge is 0.338 e. The van der Waals surface area contributed by atoms with Gasteiger partial charge in [0.15, 0.2) is 0 Å². The average Bonchev–Trinajstić information content (AvgIpc) is 1.76. The van der Waals surface area contributed by atoms with E-state index < -0.39 is 11.9 Å². The van der Waals surface area contributed by atoms with Crippen molar-refractivity contribution >= 4 is 92.0 Å². The average molecular weight is 2060 g/mol. The lowest BCUT2D eigenvalue weighted by atomic mass is 9.80. The summed E-state index contributed by atoms with van der Waals surface area (Å²) in [6.07, 6.45) is 41.4. The minimum atomic E-state index is -0.420. The van der Waals surface area contributed by atoms with Crippen LogP contribution in [0.5, 0.6) is 40.2 Å². The Bertz CT molecular complexity index is 4780. The number of unbranched alkanes of at least 4 members (excludes halogenated alkanes) is 14. The van der Waals surface area contributed by atoms with Gasteiger partial charge in [0, 0.05) is 75.1 Å². The lowest BCUT2D eigenvalue weighted by molar-refractivity contribution is -0.151. The molecule has 1 aromatic heterocycles. The molecule has 6 aromatic rings. The first kappa shape index (κ1) is 125. The third kappa shape index (κ3) is 54.4. The Labute approximate surface area is 875 Å². The monoisotopic (exact) mass is 2060 g/mol. The highest BCUT2D eigenvalue weighted by Crippen LogP contribution is 2.37. The number of rotatable bonds is 60. The number of aromatic nitrogens is 1. The zero-order valence-electron chi connectivity index (χ0n) is 88.3. The van der Waals surface area contributed by atoms with Crippen molar-refractivity contribution in [1.82, 2.24) is 10.4 Å². The van der Waals surface area contributed by atoms with Gasteiger partial charge < -0.3 is 75.8 Å². The first-order valence-corrected chi connectivity index (χ1v) is 53.1. The van der Waals surface area contributed by atoms with Crippen LogP contribution >= 0.6 is 11.3 Å². The third-order valence-corrected chi connectivity index (χ3v) is 26.6. The van der Waals surface area contributed by atoms with E-state index in [1.54, 1.807) is 96.1 Å². The van der Waals surface area contributed by atoms with Gasteiger partial charge >= 0.3 is 53.7 Å². The van der Waals surface area contributed by atoms with E-state index in [9.17, 15) is 52.7 Å². The second-order valence-electron chi connectivity index (χ2n) is 36.4. The molecular formula is C116H163N3O27S. The number of hydrogen-bond donors (Lipinski definition) is 1. The van der Waals surface area contributed by atoms with Crippen molar-refractivity contribution in [3.63, 3.8) is 0 Å². The van der Waals surface area contributed by atoms with Gasteiger partial charge in [-0.1, -0.05) is 108 Å². The van der Waals surface area contributed by atoms with E-state index in [-0.39, 0.29) is 82.9 Å². The largest absolute Gasteiger partial charge is 0.497 e. The molecule has 0 radical (unpaired) electrons. The normalized spacial score (nSPS) is 16.8.